The standard InChI is InChI=1S/C21H24N2O/c24-21(19-13-18(19)17-9-5-11-22-14-17)23-20-10-4-8-16(20)12-15-6-2-1-3-7-15/h1-3,5-7,9,11,14,16,18-20H,4,8,10,12-13H2,(H,23,24)/t16-,18+,19+,20-/m1/s1. The lowest BCUT2D eigenvalue weighted by atomic mass is 9.94. The first-order valence-corrected chi connectivity index (χ1v) is 9.05. The molecule has 1 heterocycles. The summed E-state index contributed by atoms with van der Waals surface area (Å²) < 4.78 is 0. The summed E-state index contributed by atoms with van der Waals surface area (Å²) in [5, 5.41) is 3.35. The van der Waals surface area contributed by atoms with Gasteiger partial charge in [-0.2, -0.15) is 0 Å². The van der Waals surface area contributed by atoms with Gasteiger partial charge in [0.2, 0.25) is 5.91 Å². The second kappa shape index (κ2) is 6.76. The first-order valence-electron chi connectivity index (χ1n) is 9.05. The van der Waals surface area contributed by atoms with Gasteiger partial charge in [0.25, 0.3) is 0 Å². The summed E-state index contributed by atoms with van der Waals surface area (Å²) in [4.78, 5) is 16.8. The van der Waals surface area contributed by atoms with Crippen LogP contribution in [0.2, 0.25) is 0 Å². The highest BCUT2D eigenvalue weighted by atomic mass is 16.2. The number of carbonyl (C=O) groups is 1. The molecule has 1 aromatic heterocycles. The second-order valence-corrected chi connectivity index (χ2v) is 7.23. The fourth-order valence-electron chi connectivity index (χ4n) is 4.13. The Hall–Kier alpha value is -2.16. The summed E-state index contributed by atoms with van der Waals surface area (Å²) in [7, 11) is 0. The molecule has 0 bridgehead atoms. The van der Waals surface area contributed by atoms with Crippen molar-refractivity contribution in [1.29, 1.82) is 0 Å². The molecule has 2 aliphatic rings. The number of hydrogen-bond donors (Lipinski definition) is 1. The molecule has 4 atom stereocenters. The van der Waals surface area contributed by atoms with E-state index in [-0.39, 0.29) is 11.8 Å². The van der Waals surface area contributed by atoms with Crippen LogP contribution in [0.25, 0.3) is 0 Å². The van der Waals surface area contributed by atoms with Gasteiger partial charge in [0.15, 0.2) is 0 Å². The van der Waals surface area contributed by atoms with Crippen LogP contribution in [0.1, 0.15) is 42.7 Å². The molecule has 0 saturated heterocycles. The summed E-state index contributed by atoms with van der Waals surface area (Å²) in [5.41, 5.74) is 2.58. The number of nitrogens with zero attached hydrogens (tertiary/aromatic N) is 1. The van der Waals surface area contributed by atoms with Crippen molar-refractivity contribution >= 4 is 5.91 Å². The van der Waals surface area contributed by atoms with Crippen LogP contribution in [0.15, 0.2) is 54.9 Å². The van der Waals surface area contributed by atoms with E-state index in [9.17, 15) is 4.79 Å². The topological polar surface area (TPSA) is 42.0 Å². The molecule has 2 aliphatic carbocycles. The predicted octanol–water partition coefficient (Wildman–Crippen LogP) is 3.71. The molecule has 2 aromatic rings. The fourth-order valence-corrected chi connectivity index (χ4v) is 4.13. The Bertz CT molecular complexity index is 685. The van der Waals surface area contributed by atoms with E-state index in [1.807, 2.05) is 12.3 Å². The molecule has 3 heteroatoms. The number of aromatic nitrogens is 1. The third kappa shape index (κ3) is 3.35. The van der Waals surface area contributed by atoms with E-state index >= 15 is 0 Å². The number of hydrogen-bond acceptors (Lipinski definition) is 2. The maximum atomic E-state index is 12.6. The lowest BCUT2D eigenvalue weighted by Gasteiger charge is -2.21. The van der Waals surface area contributed by atoms with Gasteiger partial charge in [0.1, 0.15) is 0 Å². The Morgan fingerprint density at radius 3 is 2.79 bits per heavy atom. The molecule has 4 rings (SSSR count). The monoisotopic (exact) mass is 320 g/mol. The minimum atomic E-state index is 0.146. The van der Waals surface area contributed by atoms with Gasteiger partial charge in [-0.25, -0.2) is 0 Å². The molecule has 0 radical (unpaired) electrons. The molecule has 2 saturated carbocycles. The number of carbonyl (C=O) groups excluding carboxylic acids is 1. The van der Waals surface area contributed by atoms with Gasteiger partial charge in [-0.15, -0.1) is 0 Å². The van der Waals surface area contributed by atoms with E-state index < -0.39 is 0 Å². The minimum Gasteiger partial charge on any atom is -0.353 e. The van der Waals surface area contributed by atoms with Crippen LogP contribution in [0.3, 0.4) is 0 Å². The number of amides is 1. The summed E-state index contributed by atoms with van der Waals surface area (Å²) in [5.74, 6) is 1.33. The molecule has 1 aromatic carbocycles. The average molecular weight is 320 g/mol. The van der Waals surface area contributed by atoms with Crippen molar-refractivity contribution in [2.24, 2.45) is 11.8 Å². The van der Waals surface area contributed by atoms with Gasteiger partial charge in [0, 0.05) is 24.4 Å². The Kier molecular flexibility index (Phi) is 4.33. The van der Waals surface area contributed by atoms with Crippen molar-refractivity contribution in [1.82, 2.24) is 10.3 Å². The van der Waals surface area contributed by atoms with Crippen LogP contribution in [0, 0.1) is 11.8 Å². The quantitative estimate of drug-likeness (QED) is 0.912. The van der Waals surface area contributed by atoms with E-state index in [0.717, 1.165) is 19.3 Å². The van der Waals surface area contributed by atoms with Gasteiger partial charge in [-0.1, -0.05) is 42.8 Å². The van der Waals surface area contributed by atoms with E-state index in [2.05, 4.69) is 46.7 Å². The van der Waals surface area contributed by atoms with Crippen LogP contribution in [-0.4, -0.2) is 16.9 Å². The van der Waals surface area contributed by atoms with Crippen LogP contribution >= 0.6 is 0 Å². The first-order chi connectivity index (χ1) is 11.8. The van der Waals surface area contributed by atoms with E-state index in [1.54, 1.807) is 6.20 Å². The lowest BCUT2D eigenvalue weighted by molar-refractivity contribution is -0.123. The highest BCUT2D eigenvalue weighted by Crippen LogP contribution is 2.47. The molecular formula is C21H24N2O. The summed E-state index contributed by atoms with van der Waals surface area (Å²) >= 11 is 0. The number of benzene rings is 1. The molecule has 24 heavy (non-hydrogen) atoms. The Labute approximate surface area is 143 Å². The van der Waals surface area contributed by atoms with Crippen molar-refractivity contribution in [3.05, 3.63) is 66.0 Å². The second-order valence-electron chi connectivity index (χ2n) is 7.23. The number of nitrogens with one attached hydrogen (secondary N) is 1. The molecule has 3 nitrogen and oxygen atoms in total. The normalized spacial score (nSPS) is 28.5. The summed E-state index contributed by atoms with van der Waals surface area (Å²) in [6.45, 7) is 0. The number of rotatable bonds is 5. The van der Waals surface area contributed by atoms with E-state index in [1.165, 1.54) is 24.0 Å². The third-order valence-corrected chi connectivity index (χ3v) is 5.57. The Morgan fingerprint density at radius 1 is 1.12 bits per heavy atom. The Balaban J connectivity index is 1.34. The maximum Gasteiger partial charge on any atom is 0.223 e. The van der Waals surface area contributed by atoms with Crippen LogP contribution < -0.4 is 5.32 Å². The minimum absolute atomic E-state index is 0.146. The first kappa shape index (κ1) is 15.4. The third-order valence-electron chi connectivity index (χ3n) is 5.57. The Morgan fingerprint density at radius 2 is 2.00 bits per heavy atom. The molecule has 1 amide bonds. The van der Waals surface area contributed by atoms with Crippen molar-refractivity contribution in [2.75, 3.05) is 0 Å². The zero-order valence-corrected chi connectivity index (χ0v) is 13.9. The molecule has 2 fully saturated rings. The SMILES string of the molecule is O=C(N[C@@H]1CCC[C@@H]1Cc1ccccc1)[C@H]1C[C@H]1c1cccnc1. The van der Waals surface area contributed by atoms with Gasteiger partial charge >= 0.3 is 0 Å². The molecule has 1 N–H and O–H groups in total. The van der Waals surface area contributed by atoms with Crippen molar-refractivity contribution in [3.63, 3.8) is 0 Å². The zero-order chi connectivity index (χ0) is 16.4. The van der Waals surface area contributed by atoms with Crippen molar-refractivity contribution in [3.8, 4) is 0 Å². The average Bonchev–Trinajstić information content (AvgIpc) is 3.33. The summed E-state index contributed by atoms with van der Waals surface area (Å²) in [6.07, 6.45) is 9.28. The number of pyridine rings is 1. The van der Waals surface area contributed by atoms with Gasteiger partial charge in [-0.3, -0.25) is 9.78 Å². The van der Waals surface area contributed by atoms with Crippen LogP contribution in [-0.2, 0) is 11.2 Å². The fraction of sp³-hybridized carbons (Fsp3) is 0.429. The molecular weight excluding hydrogens is 296 g/mol. The van der Waals surface area contributed by atoms with Gasteiger partial charge < -0.3 is 5.32 Å². The van der Waals surface area contributed by atoms with Crippen LogP contribution in [0.4, 0.5) is 0 Å². The maximum absolute atomic E-state index is 12.6. The predicted molar refractivity (Wildman–Crippen MR) is 94.5 cm³/mol. The van der Waals surface area contributed by atoms with E-state index in [4.69, 9.17) is 0 Å². The van der Waals surface area contributed by atoms with Crippen molar-refractivity contribution in [2.45, 2.75) is 44.1 Å². The van der Waals surface area contributed by atoms with Crippen LogP contribution in [0.5, 0.6) is 0 Å². The highest BCUT2D eigenvalue weighted by molar-refractivity contribution is 5.83. The molecule has 0 unspecified atom stereocenters. The molecule has 0 aliphatic heterocycles. The smallest absolute Gasteiger partial charge is 0.223 e. The van der Waals surface area contributed by atoms with E-state index in [0.29, 0.717) is 17.9 Å². The highest BCUT2D eigenvalue weighted by Gasteiger charge is 2.45. The van der Waals surface area contributed by atoms with Gasteiger partial charge in [-0.05, 0) is 54.7 Å². The zero-order valence-electron chi connectivity index (χ0n) is 13.9. The van der Waals surface area contributed by atoms with Gasteiger partial charge in [0.05, 0.1) is 0 Å². The largest absolute Gasteiger partial charge is 0.353 e. The summed E-state index contributed by atoms with van der Waals surface area (Å²) in [6, 6.07) is 15.0. The molecule has 0 spiro atoms. The molecule has 124 valence electrons. The van der Waals surface area contributed by atoms with Crippen molar-refractivity contribution < 1.29 is 4.79 Å². The lowest BCUT2D eigenvalue weighted by Crippen LogP contribution is -2.39.